The molecule has 0 aromatic rings. The highest BCUT2D eigenvalue weighted by atomic mass is 16.3. The fourth-order valence-electron chi connectivity index (χ4n) is 2.13. The van der Waals surface area contributed by atoms with Gasteiger partial charge in [0.25, 0.3) is 0 Å². The average molecular weight is 213 g/mol. The van der Waals surface area contributed by atoms with Crippen molar-refractivity contribution in [2.45, 2.75) is 38.6 Å². The highest BCUT2D eigenvalue weighted by Crippen LogP contribution is 2.17. The number of likely N-dealkylation sites (tertiary alicyclic amines) is 1. The average Bonchev–Trinajstić information content (AvgIpc) is 2.42. The Morgan fingerprint density at radius 1 is 1.53 bits per heavy atom. The summed E-state index contributed by atoms with van der Waals surface area (Å²) < 4.78 is 0. The molecule has 0 saturated carbocycles. The summed E-state index contributed by atoms with van der Waals surface area (Å²) in [5.41, 5.74) is 5.47. The van der Waals surface area contributed by atoms with Crippen molar-refractivity contribution in [3.8, 4) is 0 Å². The van der Waals surface area contributed by atoms with E-state index in [1.807, 2.05) is 6.92 Å². The number of amidine groups is 1. The van der Waals surface area contributed by atoms with Gasteiger partial charge in [0.15, 0.2) is 0 Å². The molecule has 1 aliphatic rings. The van der Waals surface area contributed by atoms with Gasteiger partial charge >= 0.3 is 0 Å². The SMILES string of the molecule is CC(CN1CCCCCC1CO)C(=N)N. The smallest absolute Gasteiger partial charge is 0.0947 e. The van der Waals surface area contributed by atoms with Gasteiger partial charge in [-0.2, -0.15) is 0 Å². The van der Waals surface area contributed by atoms with Crippen LogP contribution in [-0.2, 0) is 0 Å². The molecule has 4 nitrogen and oxygen atoms in total. The molecule has 0 bridgehead atoms. The van der Waals surface area contributed by atoms with E-state index in [4.69, 9.17) is 11.1 Å². The van der Waals surface area contributed by atoms with Crippen molar-refractivity contribution in [1.29, 1.82) is 5.41 Å². The van der Waals surface area contributed by atoms with Crippen LogP contribution in [0.5, 0.6) is 0 Å². The van der Waals surface area contributed by atoms with E-state index in [0.29, 0.717) is 0 Å². The molecule has 0 aliphatic carbocycles. The molecule has 4 heteroatoms. The van der Waals surface area contributed by atoms with Crippen LogP contribution in [0, 0.1) is 11.3 Å². The van der Waals surface area contributed by atoms with Gasteiger partial charge in [-0.25, -0.2) is 0 Å². The lowest BCUT2D eigenvalue weighted by Gasteiger charge is -2.30. The minimum absolute atomic E-state index is 0.0946. The van der Waals surface area contributed by atoms with Crippen LogP contribution in [0.25, 0.3) is 0 Å². The van der Waals surface area contributed by atoms with Gasteiger partial charge in [-0.1, -0.05) is 19.8 Å². The van der Waals surface area contributed by atoms with Crippen LogP contribution < -0.4 is 5.73 Å². The van der Waals surface area contributed by atoms with Crippen molar-refractivity contribution in [1.82, 2.24) is 4.90 Å². The van der Waals surface area contributed by atoms with E-state index < -0.39 is 0 Å². The monoisotopic (exact) mass is 213 g/mol. The largest absolute Gasteiger partial charge is 0.395 e. The number of aliphatic hydroxyl groups is 1. The first-order valence-corrected chi connectivity index (χ1v) is 5.84. The maximum absolute atomic E-state index is 9.31. The van der Waals surface area contributed by atoms with E-state index in [0.717, 1.165) is 19.5 Å². The van der Waals surface area contributed by atoms with E-state index in [2.05, 4.69) is 4.90 Å². The zero-order chi connectivity index (χ0) is 11.3. The summed E-state index contributed by atoms with van der Waals surface area (Å²) >= 11 is 0. The van der Waals surface area contributed by atoms with Crippen molar-refractivity contribution in [3.63, 3.8) is 0 Å². The molecular weight excluding hydrogens is 190 g/mol. The van der Waals surface area contributed by atoms with Gasteiger partial charge < -0.3 is 10.8 Å². The molecule has 4 N–H and O–H groups in total. The third-order valence-corrected chi connectivity index (χ3v) is 3.25. The predicted molar refractivity (Wildman–Crippen MR) is 62.0 cm³/mol. The van der Waals surface area contributed by atoms with Crippen LogP contribution >= 0.6 is 0 Å². The molecule has 15 heavy (non-hydrogen) atoms. The van der Waals surface area contributed by atoms with E-state index in [9.17, 15) is 5.11 Å². The Balaban J connectivity index is 2.51. The maximum atomic E-state index is 9.31. The summed E-state index contributed by atoms with van der Waals surface area (Å²) in [6.07, 6.45) is 4.72. The van der Waals surface area contributed by atoms with Gasteiger partial charge in [-0.3, -0.25) is 10.3 Å². The van der Waals surface area contributed by atoms with Crippen molar-refractivity contribution in [2.75, 3.05) is 19.7 Å². The predicted octanol–water partition coefficient (Wildman–Crippen LogP) is 0.795. The van der Waals surface area contributed by atoms with E-state index in [1.54, 1.807) is 0 Å². The van der Waals surface area contributed by atoms with Gasteiger partial charge in [0.1, 0.15) is 0 Å². The Kier molecular flexibility index (Phi) is 5.05. The van der Waals surface area contributed by atoms with Crippen LogP contribution in [0.3, 0.4) is 0 Å². The Morgan fingerprint density at radius 3 is 2.87 bits per heavy atom. The first kappa shape index (κ1) is 12.5. The normalized spacial score (nSPS) is 25.9. The van der Waals surface area contributed by atoms with Gasteiger partial charge in [-0.05, 0) is 19.4 Å². The highest BCUT2D eigenvalue weighted by Gasteiger charge is 2.22. The zero-order valence-corrected chi connectivity index (χ0v) is 9.58. The fraction of sp³-hybridized carbons (Fsp3) is 0.909. The van der Waals surface area contributed by atoms with Crippen LogP contribution in [-0.4, -0.2) is 41.6 Å². The summed E-state index contributed by atoms with van der Waals surface area (Å²) in [7, 11) is 0. The quantitative estimate of drug-likeness (QED) is 0.477. The van der Waals surface area contributed by atoms with Crippen molar-refractivity contribution >= 4 is 5.84 Å². The first-order valence-electron chi connectivity index (χ1n) is 5.84. The molecule has 0 aromatic heterocycles. The molecule has 0 spiro atoms. The Labute approximate surface area is 92.0 Å². The number of hydrogen-bond donors (Lipinski definition) is 3. The second-order valence-corrected chi connectivity index (χ2v) is 4.54. The molecule has 0 amide bonds. The van der Waals surface area contributed by atoms with Crippen LogP contribution in [0.15, 0.2) is 0 Å². The molecule has 88 valence electrons. The van der Waals surface area contributed by atoms with E-state index in [-0.39, 0.29) is 24.4 Å². The topological polar surface area (TPSA) is 73.3 Å². The minimum Gasteiger partial charge on any atom is -0.395 e. The van der Waals surface area contributed by atoms with E-state index >= 15 is 0 Å². The summed E-state index contributed by atoms with van der Waals surface area (Å²) in [6, 6.07) is 0.272. The Hall–Kier alpha value is -0.610. The number of aliphatic hydroxyl groups excluding tert-OH is 1. The first-order chi connectivity index (χ1) is 7.15. The van der Waals surface area contributed by atoms with Gasteiger partial charge in [0.05, 0.1) is 12.4 Å². The van der Waals surface area contributed by atoms with Crippen LogP contribution in [0.1, 0.15) is 32.6 Å². The Bertz CT molecular complexity index is 208. The number of nitrogens with one attached hydrogen (secondary N) is 1. The molecule has 0 aromatic carbocycles. The molecular formula is C11H23N3O. The van der Waals surface area contributed by atoms with E-state index in [1.165, 1.54) is 19.3 Å². The maximum Gasteiger partial charge on any atom is 0.0947 e. The number of hydrogen-bond acceptors (Lipinski definition) is 3. The van der Waals surface area contributed by atoms with Crippen LogP contribution in [0.4, 0.5) is 0 Å². The van der Waals surface area contributed by atoms with Crippen molar-refractivity contribution in [3.05, 3.63) is 0 Å². The molecule has 1 aliphatic heterocycles. The molecule has 1 heterocycles. The van der Waals surface area contributed by atoms with Crippen LogP contribution in [0.2, 0.25) is 0 Å². The molecule has 0 radical (unpaired) electrons. The standard InChI is InChI=1S/C11H23N3O/c1-9(11(12)13)7-14-6-4-2-3-5-10(14)8-15/h9-10,15H,2-8H2,1H3,(H3,12,13). The molecule has 2 unspecified atom stereocenters. The second kappa shape index (κ2) is 6.08. The lowest BCUT2D eigenvalue weighted by Crippen LogP contribution is -2.42. The number of nitrogens with zero attached hydrogens (tertiary/aromatic N) is 1. The molecule has 1 rings (SSSR count). The summed E-state index contributed by atoms with van der Waals surface area (Å²) in [4.78, 5) is 2.29. The van der Waals surface area contributed by atoms with Gasteiger partial charge in [-0.15, -0.1) is 0 Å². The van der Waals surface area contributed by atoms with Gasteiger partial charge in [0.2, 0.25) is 0 Å². The third-order valence-electron chi connectivity index (χ3n) is 3.25. The molecule has 2 atom stereocenters. The second-order valence-electron chi connectivity index (χ2n) is 4.54. The summed E-state index contributed by atoms with van der Waals surface area (Å²) in [5, 5.41) is 16.7. The van der Waals surface area contributed by atoms with Gasteiger partial charge in [0, 0.05) is 18.5 Å². The molecule has 1 saturated heterocycles. The number of rotatable bonds is 4. The minimum atomic E-state index is 0.0946. The number of nitrogens with two attached hydrogens (primary N) is 1. The zero-order valence-electron chi connectivity index (χ0n) is 9.58. The lowest BCUT2D eigenvalue weighted by molar-refractivity contribution is 0.118. The third kappa shape index (κ3) is 3.80. The van der Waals surface area contributed by atoms with Crippen molar-refractivity contribution in [2.24, 2.45) is 11.7 Å². The molecule has 1 fully saturated rings. The lowest BCUT2D eigenvalue weighted by atomic mass is 10.1. The van der Waals surface area contributed by atoms with Crippen molar-refractivity contribution < 1.29 is 5.11 Å². The summed E-state index contributed by atoms with van der Waals surface area (Å²) in [5.74, 6) is 0.341. The highest BCUT2D eigenvalue weighted by molar-refractivity contribution is 5.79. The fourth-order valence-corrected chi connectivity index (χ4v) is 2.13. The summed E-state index contributed by atoms with van der Waals surface area (Å²) in [6.45, 7) is 4.04. The Morgan fingerprint density at radius 2 is 2.27 bits per heavy atom.